The van der Waals surface area contributed by atoms with Crippen LogP contribution in [0.1, 0.15) is 30.6 Å². The molecule has 1 N–H and O–H groups in total. The summed E-state index contributed by atoms with van der Waals surface area (Å²) in [4.78, 5) is 10.9. The second-order valence-electron chi connectivity index (χ2n) is 4.00. The molecule has 96 valence electrons. The van der Waals surface area contributed by atoms with E-state index in [4.69, 9.17) is 9.84 Å². The summed E-state index contributed by atoms with van der Waals surface area (Å²) in [5.41, 5.74) is 0.901. The smallest absolute Gasteiger partial charge is 0.335 e. The zero-order chi connectivity index (χ0) is 13.1. The second-order valence-corrected chi connectivity index (χ2v) is 4.00. The highest BCUT2D eigenvalue weighted by Gasteiger charge is 2.13. The molecule has 1 aromatic carbocycles. The van der Waals surface area contributed by atoms with Gasteiger partial charge < -0.3 is 9.84 Å². The van der Waals surface area contributed by atoms with Gasteiger partial charge in [-0.3, -0.25) is 0 Å². The van der Waals surface area contributed by atoms with Gasteiger partial charge >= 0.3 is 5.97 Å². The number of nitrogens with zero attached hydrogens (tertiary/aromatic N) is 2. The van der Waals surface area contributed by atoms with Crippen molar-refractivity contribution in [1.29, 1.82) is 0 Å². The monoisotopic (exact) mass is 248 g/mol. The molecule has 0 radical (unpaired) electrons. The number of aromatic carboxylic acids is 1. The third kappa shape index (κ3) is 2.16. The molecule has 1 heterocycles. The summed E-state index contributed by atoms with van der Waals surface area (Å²) < 4.78 is 7.39. The topological polar surface area (TPSA) is 64.4 Å². The van der Waals surface area contributed by atoms with Crippen molar-refractivity contribution in [3.8, 4) is 5.88 Å². The van der Waals surface area contributed by atoms with Gasteiger partial charge in [0.1, 0.15) is 0 Å². The average molecular weight is 248 g/mol. The zero-order valence-corrected chi connectivity index (χ0v) is 10.5. The second kappa shape index (κ2) is 5.08. The Labute approximate surface area is 105 Å². The summed E-state index contributed by atoms with van der Waals surface area (Å²) in [5, 5.41) is 14.2. The van der Waals surface area contributed by atoms with Gasteiger partial charge in [0.2, 0.25) is 5.88 Å². The van der Waals surface area contributed by atoms with E-state index < -0.39 is 5.97 Å². The largest absolute Gasteiger partial charge is 0.478 e. The molecule has 0 saturated heterocycles. The van der Waals surface area contributed by atoms with Crippen LogP contribution in [0.25, 0.3) is 10.9 Å². The van der Waals surface area contributed by atoms with Crippen LogP contribution in [0.5, 0.6) is 5.88 Å². The first kappa shape index (κ1) is 12.4. The number of aryl methyl sites for hydroxylation is 1. The summed E-state index contributed by atoms with van der Waals surface area (Å²) in [7, 11) is 0. The fraction of sp³-hybridized carbons (Fsp3) is 0.385. The van der Waals surface area contributed by atoms with Crippen molar-refractivity contribution in [2.45, 2.75) is 26.8 Å². The van der Waals surface area contributed by atoms with Crippen molar-refractivity contribution in [3.05, 3.63) is 23.8 Å². The van der Waals surface area contributed by atoms with E-state index in [9.17, 15) is 4.79 Å². The molecule has 18 heavy (non-hydrogen) atoms. The number of rotatable bonds is 5. The van der Waals surface area contributed by atoms with Crippen molar-refractivity contribution < 1.29 is 14.6 Å². The van der Waals surface area contributed by atoms with Gasteiger partial charge in [0.05, 0.1) is 23.1 Å². The van der Waals surface area contributed by atoms with Gasteiger partial charge in [-0.05, 0) is 31.5 Å². The summed E-state index contributed by atoms with van der Waals surface area (Å²) in [6.07, 6.45) is 0.944. The lowest BCUT2D eigenvalue weighted by Gasteiger charge is -2.06. The maximum absolute atomic E-state index is 10.9. The van der Waals surface area contributed by atoms with Gasteiger partial charge in [-0.1, -0.05) is 6.92 Å². The Morgan fingerprint density at radius 3 is 2.83 bits per heavy atom. The predicted octanol–water partition coefficient (Wildman–Crippen LogP) is 2.54. The number of hydrogen-bond donors (Lipinski definition) is 1. The molecule has 1 aromatic heterocycles. The Kier molecular flexibility index (Phi) is 3.50. The molecule has 0 aliphatic carbocycles. The Morgan fingerprint density at radius 2 is 2.22 bits per heavy atom. The van der Waals surface area contributed by atoms with E-state index in [-0.39, 0.29) is 5.56 Å². The molecule has 0 aliphatic heterocycles. The third-order valence-corrected chi connectivity index (χ3v) is 2.65. The lowest BCUT2D eigenvalue weighted by Crippen LogP contribution is -2.04. The van der Waals surface area contributed by atoms with Crippen LogP contribution < -0.4 is 4.74 Å². The number of ether oxygens (including phenoxy) is 1. The molecule has 0 unspecified atom stereocenters. The minimum atomic E-state index is -0.945. The Balaban J connectivity index is 2.56. The molecule has 0 fully saturated rings. The zero-order valence-electron chi connectivity index (χ0n) is 10.5. The van der Waals surface area contributed by atoms with E-state index in [1.165, 1.54) is 0 Å². The molecule has 0 aliphatic rings. The molecule has 2 rings (SSSR count). The summed E-state index contributed by atoms with van der Waals surface area (Å²) in [6, 6.07) is 4.90. The maximum Gasteiger partial charge on any atom is 0.335 e. The summed E-state index contributed by atoms with van der Waals surface area (Å²) in [6.45, 7) is 5.29. The molecular weight excluding hydrogens is 232 g/mol. The number of hydrogen-bond acceptors (Lipinski definition) is 3. The molecule has 0 saturated carbocycles. The van der Waals surface area contributed by atoms with Crippen molar-refractivity contribution >= 4 is 16.9 Å². The molecule has 2 aromatic rings. The Bertz CT molecular complexity index is 575. The van der Waals surface area contributed by atoms with E-state index in [1.807, 2.05) is 6.92 Å². The van der Waals surface area contributed by atoms with Crippen molar-refractivity contribution in [3.63, 3.8) is 0 Å². The first-order chi connectivity index (χ1) is 8.67. The fourth-order valence-corrected chi connectivity index (χ4v) is 1.90. The minimum Gasteiger partial charge on any atom is -0.478 e. The fourth-order valence-electron chi connectivity index (χ4n) is 1.90. The van der Waals surface area contributed by atoms with Crippen molar-refractivity contribution in [1.82, 2.24) is 9.78 Å². The number of carboxylic acid groups (broad SMARTS) is 1. The summed E-state index contributed by atoms with van der Waals surface area (Å²) in [5.74, 6) is -0.230. The first-order valence-electron chi connectivity index (χ1n) is 6.04. The number of carboxylic acids is 1. The molecule has 0 atom stereocenters. The van der Waals surface area contributed by atoms with Gasteiger partial charge in [-0.15, -0.1) is 0 Å². The Hall–Kier alpha value is -2.04. The van der Waals surface area contributed by atoms with Gasteiger partial charge in [0.25, 0.3) is 0 Å². The number of fused-ring (bicyclic) bond motifs is 1. The highest BCUT2D eigenvalue weighted by Crippen LogP contribution is 2.27. The highest BCUT2D eigenvalue weighted by molar-refractivity contribution is 5.94. The van der Waals surface area contributed by atoms with Crippen LogP contribution in [-0.4, -0.2) is 27.5 Å². The summed E-state index contributed by atoms with van der Waals surface area (Å²) >= 11 is 0. The van der Waals surface area contributed by atoms with Gasteiger partial charge in [-0.25, -0.2) is 9.48 Å². The molecule has 0 amide bonds. The molecule has 0 spiro atoms. The lowest BCUT2D eigenvalue weighted by atomic mass is 10.1. The van der Waals surface area contributed by atoms with Gasteiger partial charge in [0, 0.05) is 6.54 Å². The maximum atomic E-state index is 10.9. The number of aromatic nitrogens is 2. The van der Waals surface area contributed by atoms with E-state index >= 15 is 0 Å². The highest BCUT2D eigenvalue weighted by atomic mass is 16.5. The van der Waals surface area contributed by atoms with Crippen LogP contribution in [-0.2, 0) is 6.54 Å². The molecular formula is C13H16N2O3. The lowest BCUT2D eigenvalue weighted by molar-refractivity contribution is 0.0697. The number of carbonyl (C=O) groups is 1. The van der Waals surface area contributed by atoms with Crippen LogP contribution in [0, 0.1) is 0 Å². The predicted molar refractivity (Wildman–Crippen MR) is 68.2 cm³/mol. The normalized spacial score (nSPS) is 10.8. The minimum absolute atomic E-state index is 0.242. The van der Waals surface area contributed by atoms with Gasteiger partial charge in [-0.2, -0.15) is 5.10 Å². The van der Waals surface area contributed by atoms with Gasteiger partial charge in [0.15, 0.2) is 0 Å². The standard InChI is InChI=1S/C13H16N2O3/c1-3-7-15-12(18-4-2)10-6-5-9(13(16)17)8-11(10)14-15/h5-6,8H,3-4,7H2,1-2H3,(H,16,17). The van der Waals surface area contributed by atoms with E-state index in [0.717, 1.165) is 18.4 Å². The average Bonchev–Trinajstić information content (AvgIpc) is 2.68. The van der Waals surface area contributed by atoms with Crippen LogP contribution in [0.15, 0.2) is 18.2 Å². The third-order valence-electron chi connectivity index (χ3n) is 2.65. The van der Waals surface area contributed by atoms with E-state index in [1.54, 1.807) is 22.9 Å². The van der Waals surface area contributed by atoms with Crippen LogP contribution in [0.3, 0.4) is 0 Å². The van der Waals surface area contributed by atoms with Crippen LogP contribution in [0.2, 0.25) is 0 Å². The SMILES string of the molecule is CCCn1nc2cc(C(=O)O)ccc2c1OCC. The van der Waals surface area contributed by atoms with E-state index in [2.05, 4.69) is 12.0 Å². The van der Waals surface area contributed by atoms with Crippen LogP contribution in [0.4, 0.5) is 0 Å². The van der Waals surface area contributed by atoms with Crippen LogP contribution >= 0.6 is 0 Å². The Morgan fingerprint density at radius 1 is 1.44 bits per heavy atom. The van der Waals surface area contributed by atoms with Crippen molar-refractivity contribution in [2.75, 3.05) is 6.61 Å². The molecule has 5 nitrogen and oxygen atoms in total. The first-order valence-corrected chi connectivity index (χ1v) is 6.04. The van der Waals surface area contributed by atoms with E-state index in [0.29, 0.717) is 18.0 Å². The molecule has 5 heteroatoms. The quantitative estimate of drug-likeness (QED) is 0.883. The number of benzene rings is 1. The molecule has 0 bridgehead atoms. The van der Waals surface area contributed by atoms with Crippen molar-refractivity contribution in [2.24, 2.45) is 0 Å².